The fourth-order valence-corrected chi connectivity index (χ4v) is 0.712. The van der Waals surface area contributed by atoms with Gasteiger partial charge < -0.3 is 0 Å². The van der Waals surface area contributed by atoms with E-state index in [9.17, 15) is 0 Å². The molecule has 0 aromatic carbocycles. The molecule has 0 amide bonds. The Hall–Kier alpha value is -0.920. The Balaban J connectivity index is 3.17. The van der Waals surface area contributed by atoms with Gasteiger partial charge >= 0.3 is 0 Å². The summed E-state index contributed by atoms with van der Waals surface area (Å²) in [7, 11) is 1.97. The molecule has 0 bridgehead atoms. The number of rotatable bonds is 0. The fourth-order valence-electron chi connectivity index (χ4n) is 0.712. The quantitative estimate of drug-likeness (QED) is 0.460. The molecule has 0 radical (unpaired) electrons. The van der Waals surface area contributed by atoms with Gasteiger partial charge in [-0.05, 0) is 6.92 Å². The number of aromatic nitrogens is 2. The van der Waals surface area contributed by atoms with Crippen molar-refractivity contribution in [3.8, 4) is 0 Å². The zero-order valence-electron chi connectivity index (χ0n) is 6.05. The van der Waals surface area contributed by atoms with Crippen LogP contribution in [0.5, 0.6) is 0 Å². The first-order valence-corrected chi connectivity index (χ1v) is 2.98. The lowest BCUT2D eigenvalue weighted by molar-refractivity contribution is -0.675. The maximum Gasteiger partial charge on any atom is 0.286 e. The van der Waals surface area contributed by atoms with Gasteiger partial charge in [0.05, 0.1) is 13.2 Å². The Morgan fingerprint density at radius 1 is 1.44 bits per heavy atom. The predicted molar refractivity (Wildman–Crippen MR) is 34.9 cm³/mol. The van der Waals surface area contributed by atoms with Gasteiger partial charge in [0.25, 0.3) is 6.33 Å². The van der Waals surface area contributed by atoms with Gasteiger partial charge in [0.15, 0.2) is 5.69 Å². The molecule has 0 aliphatic carbocycles. The van der Waals surface area contributed by atoms with E-state index >= 15 is 0 Å². The monoisotopic (exact) mass is 123 g/mol. The minimum absolute atomic E-state index is 1.10. The summed E-state index contributed by atoms with van der Waals surface area (Å²) in [6.07, 6.45) is 3.87. The van der Waals surface area contributed by atoms with E-state index < -0.39 is 0 Å². The molecule has 0 aliphatic rings. The van der Waals surface area contributed by atoms with E-state index in [-0.39, 0.29) is 0 Å². The first kappa shape index (κ1) is 6.20. The normalized spacial score (nSPS) is 9.67. The molecule has 0 saturated carbocycles. The van der Waals surface area contributed by atoms with Gasteiger partial charge in [0, 0.05) is 12.5 Å². The number of nitrogens with zero attached hydrogens (tertiary/aromatic N) is 2. The van der Waals surface area contributed by atoms with Crippen LogP contribution < -0.4 is 4.57 Å². The average molecular weight is 123 g/mol. The van der Waals surface area contributed by atoms with E-state index in [0.717, 1.165) is 5.69 Å². The second-order valence-corrected chi connectivity index (χ2v) is 2.31. The molecule has 0 aliphatic heterocycles. The second kappa shape index (κ2) is 2.13. The van der Waals surface area contributed by atoms with Crippen molar-refractivity contribution in [2.75, 3.05) is 0 Å². The molecule has 1 aromatic heterocycles. The first-order chi connectivity index (χ1) is 4.20. The van der Waals surface area contributed by atoms with Crippen molar-refractivity contribution >= 4 is 0 Å². The van der Waals surface area contributed by atoms with Crippen LogP contribution >= 0.6 is 0 Å². The van der Waals surface area contributed by atoms with E-state index in [1.165, 1.54) is 5.56 Å². The van der Waals surface area contributed by atoms with Crippen LogP contribution in [-0.2, 0) is 7.05 Å². The molecule has 1 heterocycles. The fraction of sp³-hybridized carbons (Fsp3) is 0.429. The second-order valence-electron chi connectivity index (χ2n) is 2.31. The molecule has 0 fully saturated rings. The van der Waals surface area contributed by atoms with Gasteiger partial charge in [-0.15, -0.1) is 0 Å². The largest absolute Gasteiger partial charge is 0.286 e. The molecule has 0 atom stereocenters. The van der Waals surface area contributed by atoms with Crippen molar-refractivity contribution in [1.82, 2.24) is 4.98 Å². The van der Waals surface area contributed by atoms with Crippen molar-refractivity contribution in [3.05, 3.63) is 23.8 Å². The highest BCUT2D eigenvalue weighted by atomic mass is 15.0. The smallest absolute Gasteiger partial charge is 0.240 e. The topological polar surface area (TPSA) is 16.8 Å². The molecular weight excluding hydrogens is 112 g/mol. The number of hydrogen-bond donors (Lipinski definition) is 0. The SMILES string of the molecule is Cc1c[n+](C)cnc1C. The Labute approximate surface area is 55.2 Å². The third-order valence-electron chi connectivity index (χ3n) is 1.40. The van der Waals surface area contributed by atoms with Crippen LogP contribution in [0.3, 0.4) is 0 Å². The van der Waals surface area contributed by atoms with Gasteiger partial charge in [-0.2, -0.15) is 0 Å². The van der Waals surface area contributed by atoms with Gasteiger partial charge in [-0.3, -0.25) is 0 Å². The first-order valence-electron chi connectivity index (χ1n) is 2.98. The van der Waals surface area contributed by atoms with Crippen molar-refractivity contribution in [3.63, 3.8) is 0 Å². The highest BCUT2D eigenvalue weighted by Gasteiger charge is 1.98. The molecule has 0 saturated heterocycles. The Kier molecular flexibility index (Phi) is 1.47. The number of aryl methyl sites for hydroxylation is 3. The maximum atomic E-state index is 4.14. The molecule has 0 N–H and O–H groups in total. The van der Waals surface area contributed by atoms with Gasteiger partial charge in [-0.25, -0.2) is 4.57 Å². The summed E-state index contributed by atoms with van der Waals surface area (Å²) < 4.78 is 1.95. The standard InChI is InChI=1S/C7H11N2/c1-6-4-9(3)5-8-7(6)2/h4-5H,1-3H3/q+1. The van der Waals surface area contributed by atoms with Crippen LogP contribution in [0.1, 0.15) is 11.3 Å². The zero-order valence-corrected chi connectivity index (χ0v) is 6.05. The number of hydrogen-bond acceptors (Lipinski definition) is 1. The van der Waals surface area contributed by atoms with E-state index in [2.05, 4.69) is 18.1 Å². The van der Waals surface area contributed by atoms with Crippen molar-refractivity contribution in [2.24, 2.45) is 7.05 Å². The average Bonchev–Trinajstić information content (AvgIpc) is 1.80. The van der Waals surface area contributed by atoms with Crippen LogP contribution in [0.15, 0.2) is 12.5 Å². The van der Waals surface area contributed by atoms with Crippen LogP contribution in [0.2, 0.25) is 0 Å². The summed E-state index contributed by atoms with van der Waals surface area (Å²) in [6, 6.07) is 0. The van der Waals surface area contributed by atoms with Crippen LogP contribution in [-0.4, -0.2) is 4.98 Å². The summed E-state index contributed by atoms with van der Waals surface area (Å²) >= 11 is 0. The lowest BCUT2D eigenvalue weighted by atomic mass is 10.3. The molecule has 2 nitrogen and oxygen atoms in total. The van der Waals surface area contributed by atoms with Gasteiger partial charge in [0.1, 0.15) is 0 Å². The summed E-state index contributed by atoms with van der Waals surface area (Å²) in [4.78, 5) is 4.14. The Morgan fingerprint density at radius 2 is 2.11 bits per heavy atom. The minimum Gasteiger partial charge on any atom is -0.240 e. The molecular formula is C7H11N2+. The van der Waals surface area contributed by atoms with E-state index in [1.54, 1.807) is 0 Å². The molecule has 48 valence electrons. The summed E-state index contributed by atoms with van der Waals surface area (Å²) in [6.45, 7) is 4.07. The molecule has 9 heavy (non-hydrogen) atoms. The van der Waals surface area contributed by atoms with Crippen LogP contribution in [0, 0.1) is 13.8 Å². The Morgan fingerprint density at radius 3 is 2.56 bits per heavy atom. The molecule has 0 spiro atoms. The molecule has 2 heteroatoms. The lowest BCUT2D eigenvalue weighted by Gasteiger charge is -1.90. The molecule has 0 unspecified atom stereocenters. The van der Waals surface area contributed by atoms with E-state index in [0.29, 0.717) is 0 Å². The minimum atomic E-state index is 1.10. The van der Waals surface area contributed by atoms with Crippen molar-refractivity contribution in [1.29, 1.82) is 0 Å². The lowest BCUT2D eigenvalue weighted by Crippen LogP contribution is -2.28. The summed E-state index contributed by atoms with van der Waals surface area (Å²) in [5.74, 6) is 0. The highest BCUT2D eigenvalue weighted by molar-refractivity contribution is 5.08. The summed E-state index contributed by atoms with van der Waals surface area (Å²) in [5.41, 5.74) is 2.34. The summed E-state index contributed by atoms with van der Waals surface area (Å²) in [5, 5.41) is 0. The van der Waals surface area contributed by atoms with E-state index in [4.69, 9.17) is 0 Å². The zero-order chi connectivity index (χ0) is 6.85. The van der Waals surface area contributed by atoms with E-state index in [1.807, 2.05) is 24.9 Å². The van der Waals surface area contributed by atoms with Crippen molar-refractivity contribution in [2.45, 2.75) is 13.8 Å². The third kappa shape index (κ3) is 1.25. The van der Waals surface area contributed by atoms with Crippen LogP contribution in [0.25, 0.3) is 0 Å². The third-order valence-corrected chi connectivity index (χ3v) is 1.40. The van der Waals surface area contributed by atoms with Crippen molar-refractivity contribution < 1.29 is 4.57 Å². The van der Waals surface area contributed by atoms with Gasteiger partial charge in [0.2, 0.25) is 0 Å². The van der Waals surface area contributed by atoms with Gasteiger partial charge in [-0.1, -0.05) is 4.98 Å². The predicted octanol–water partition coefficient (Wildman–Crippen LogP) is 0.523. The Bertz CT molecular complexity index is 218. The molecule has 1 aromatic rings. The highest BCUT2D eigenvalue weighted by Crippen LogP contribution is 1.94. The maximum absolute atomic E-state index is 4.14. The van der Waals surface area contributed by atoms with Crippen LogP contribution in [0.4, 0.5) is 0 Å². The molecule has 1 rings (SSSR count).